The van der Waals surface area contributed by atoms with Crippen LogP contribution >= 0.6 is 7.60 Å². The van der Waals surface area contributed by atoms with Gasteiger partial charge >= 0.3 is 7.60 Å². The van der Waals surface area contributed by atoms with E-state index in [0.717, 1.165) is 0 Å². The molecule has 0 radical (unpaired) electrons. The van der Waals surface area contributed by atoms with Crippen molar-refractivity contribution in [3.63, 3.8) is 0 Å². The molecule has 1 aromatic heterocycles. The van der Waals surface area contributed by atoms with Crippen molar-refractivity contribution in [3.05, 3.63) is 66.0 Å². The molecule has 2 rings (SSSR count). The first-order chi connectivity index (χ1) is 10.6. The summed E-state index contributed by atoms with van der Waals surface area (Å²) < 4.78 is 22.8. The predicted octanol–water partition coefficient (Wildman–Crippen LogP) is 3.00. The molecule has 0 fully saturated rings. The molecule has 1 atom stereocenters. The lowest BCUT2D eigenvalue weighted by Crippen LogP contribution is -2.29. The fourth-order valence-corrected chi connectivity index (χ4v) is 3.36. The maximum Gasteiger partial charge on any atom is 0.356 e. The monoisotopic (exact) mass is 320 g/mol. The number of amides is 1. The van der Waals surface area contributed by atoms with Gasteiger partial charge in [0.05, 0.1) is 0 Å². The molecular formula is C15H17N2O4P. The number of carbonyl (C=O) groups is 1. The number of aromatic nitrogens is 1. The molecule has 0 saturated heterocycles. The quantitative estimate of drug-likeness (QED) is 0.828. The number of nitrogens with zero attached hydrogens (tertiary/aromatic N) is 1. The molecule has 6 nitrogen and oxygen atoms in total. The van der Waals surface area contributed by atoms with E-state index in [0.29, 0.717) is 11.1 Å². The molecule has 1 heterocycles. The van der Waals surface area contributed by atoms with Gasteiger partial charge in [0.25, 0.3) is 5.91 Å². The lowest BCUT2D eigenvalue weighted by molar-refractivity contribution is 0.0940. The number of benzene rings is 1. The van der Waals surface area contributed by atoms with Crippen LogP contribution in [0.4, 0.5) is 0 Å². The Morgan fingerprint density at radius 1 is 1.09 bits per heavy atom. The highest BCUT2D eigenvalue weighted by molar-refractivity contribution is 7.54. The van der Waals surface area contributed by atoms with E-state index in [1.807, 2.05) is 6.07 Å². The van der Waals surface area contributed by atoms with Crippen LogP contribution in [0.5, 0.6) is 0 Å². The van der Waals surface area contributed by atoms with E-state index in [2.05, 4.69) is 10.3 Å². The molecule has 0 aliphatic rings. The highest BCUT2D eigenvalue weighted by Gasteiger charge is 2.36. The molecule has 22 heavy (non-hydrogen) atoms. The molecule has 7 heteroatoms. The van der Waals surface area contributed by atoms with E-state index in [4.69, 9.17) is 9.05 Å². The maximum atomic E-state index is 12.7. The van der Waals surface area contributed by atoms with Crippen molar-refractivity contribution >= 4 is 13.5 Å². The molecule has 0 unspecified atom stereocenters. The highest BCUT2D eigenvalue weighted by Crippen LogP contribution is 2.58. The molecule has 0 aliphatic carbocycles. The third-order valence-electron chi connectivity index (χ3n) is 3.15. The van der Waals surface area contributed by atoms with Gasteiger partial charge in [0.1, 0.15) is 0 Å². The lowest BCUT2D eigenvalue weighted by atomic mass is 10.2. The van der Waals surface area contributed by atoms with E-state index in [9.17, 15) is 9.36 Å². The van der Waals surface area contributed by atoms with Gasteiger partial charge in [-0.3, -0.25) is 14.3 Å². The van der Waals surface area contributed by atoms with Gasteiger partial charge < -0.3 is 14.4 Å². The minimum atomic E-state index is -3.54. The van der Waals surface area contributed by atoms with Crippen molar-refractivity contribution in [1.82, 2.24) is 10.3 Å². The molecule has 1 aromatic carbocycles. The summed E-state index contributed by atoms with van der Waals surface area (Å²) in [6, 6.07) is 12.1. The number of nitrogens with one attached hydrogen (secondary N) is 1. The SMILES string of the molecule is COP(=O)(OC)[C@@H](NC(=O)c1ccncc1)c1ccccc1. The molecule has 1 N–H and O–H groups in total. The van der Waals surface area contributed by atoms with Crippen LogP contribution in [0.1, 0.15) is 21.7 Å². The van der Waals surface area contributed by atoms with Crippen molar-refractivity contribution in [1.29, 1.82) is 0 Å². The first-order valence-electron chi connectivity index (χ1n) is 6.57. The van der Waals surface area contributed by atoms with Crippen LogP contribution in [0.25, 0.3) is 0 Å². The standard InChI is InChI=1S/C15H17N2O4P/c1-20-22(19,21-2)15(13-6-4-3-5-7-13)17-14(18)12-8-10-16-11-9-12/h3-11,15H,1-2H3,(H,17,18)/t15-/m1/s1. The van der Waals surface area contributed by atoms with Crippen LogP contribution < -0.4 is 5.32 Å². The summed E-state index contributed by atoms with van der Waals surface area (Å²) in [5, 5.41) is 2.71. The van der Waals surface area contributed by atoms with Crippen molar-refractivity contribution in [2.75, 3.05) is 14.2 Å². The second-order valence-corrected chi connectivity index (χ2v) is 6.75. The fraction of sp³-hybridized carbons (Fsp3) is 0.200. The van der Waals surface area contributed by atoms with Gasteiger partial charge in [0, 0.05) is 32.2 Å². The summed E-state index contributed by atoms with van der Waals surface area (Å²) in [5.74, 6) is -1.28. The number of hydrogen-bond acceptors (Lipinski definition) is 5. The number of hydrogen-bond donors (Lipinski definition) is 1. The normalized spacial score (nSPS) is 12.6. The minimum Gasteiger partial charge on any atom is -0.334 e. The second-order valence-electron chi connectivity index (χ2n) is 4.43. The Bertz CT molecular complexity index is 656. The molecule has 0 bridgehead atoms. The summed E-state index contributed by atoms with van der Waals surface area (Å²) >= 11 is 0. The van der Waals surface area contributed by atoms with Gasteiger partial charge in [-0.1, -0.05) is 30.3 Å². The fourth-order valence-electron chi connectivity index (χ4n) is 1.98. The summed E-state index contributed by atoms with van der Waals surface area (Å²) in [7, 11) is -0.954. The third-order valence-corrected chi connectivity index (χ3v) is 5.23. The van der Waals surface area contributed by atoms with Crippen molar-refractivity contribution in [2.45, 2.75) is 5.78 Å². The molecule has 116 valence electrons. The number of rotatable bonds is 6. The molecule has 0 spiro atoms. The topological polar surface area (TPSA) is 77.5 Å². The van der Waals surface area contributed by atoms with Gasteiger partial charge in [0.15, 0.2) is 5.78 Å². The Balaban J connectivity index is 2.34. The van der Waals surface area contributed by atoms with Gasteiger partial charge in [-0.15, -0.1) is 0 Å². The summed E-state index contributed by atoms with van der Waals surface area (Å²) in [4.78, 5) is 16.2. The zero-order valence-corrected chi connectivity index (χ0v) is 13.2. The van der Waals surface area contributed by atoms with Crippen LogP contribution in [-0.2, 0) is 13.6 Å². The van der Waals surface area contributed by atoms with E-state index in [1.165, 1.54) is 26.6 Å². The zero-order chi connectivity index (χ0) is 16.0. The van der Waals surface area contributed by atoms with Crippen molar-refractivity contribution < 1.29 is 18.4 Å². The van der Waals surface area contributed by atoms with Crippen LogP contribution in [0.3, 0.4) is 0 Å². The van der Waals surface area contributed by atoms with E-state index < -0.39 is 13.4 Å². The van der Waals surface area contributed by atoms with Crippen LogP contribution in [0.2, 0.25) is 0 Å². The molecule has 0 saturated carbocycles. The number of carbonyl (C=O) groups excluding carboxylic acids is 1. The highest BCUT2D eigenvalue weighted by atomic mass is 31.2. The Kier molecular flexibility index (Phi) is 5.44. The Hall–Kier alpha value is -2.01. The lowest BCUT2D eigenvalue weighted by Gasteiger charge is -2.25. The second kappa shape index (κ2) is 7.31. The third kappa shape index (κ3) is 3.60. The van der Waals surface area contributed by atoms with E-state index >= 15 is 0 Å². The summed E-state index contributed by atoms with van der Waals surface area (Å²) in [6.45, 7) is 0. The van der Waals surface area contributed by atoms with Gasteiger partial charge in [0.2, 0.25) is 0 Å². The Morgan fingerprint density at radius 3 is 2.23 bits per heavy atom. The minimum absolute atomic E-state index is 0.384. The average Bonchev–Trinajstić information content (AvgIpc) is 2.60. The smallest absolute Gasteiger partial charge is 0.334 e. The average molecular weight is 320 g/mol. The molecule has 0 aliphatic heterocycles. The zero-order valence-electron chi connectivity index (χ0n) is 12.3. The molecule has 2 aromatic rings. The molecular weight excluding hydrogens is 303 g/mol. The first kappa shape index (κ1) is 16.4. The predicted molar refractivity (Wildman–Crippen MR) is 82.5 cm³/mol. The van der Waals surface area contributed by atoms with Crippen molar-refractivity contribution in [3.8, 4) is 0 Å². The molecule has 1 amide bonds. The maximum absolute atomic E-state index is 12.7. The Labute approximate surface area is 129 Å². The van der Waals surface area contributed by atoms with Gasteiger partial charge in [-0.25, -0.2) is 0 Å². The van der Waals surface area contributed by atoms with Crippen molar-refractivity contribution in [2.24, 2.45) is 0 Å². The summed E-state index contributed by atoms with van der Waals surface area (Å²) in [6.07, 6.45) is 3.03. The van der Waals surface area contributed by atoms with Crippen LogP contribution in [0.15, 0.2) is 54.9 Å². The largest absolute Gasteiger partial charge is 0.356 e. The van der Waals surface area contributed by atoms with Crippen LogP contribution in [0, 0.1) is 0 Å². The van der Waals surface area contributed by atoms with E-state index in [-0.39, 0.29) is 5.91 Å². The summed E-state index contributed by atoms with van der Waals surface area (Å²) in [5.41, 5.74) is 1.05. The van der Waals surface area contributed by atoms with Crippen LogP contribution in [-0.4, -0.2) is 25.1 Å². The van der Waals surface area contributed by atoms with Gasteiger partial charge in [-0.2, -0.15) is 0 Å². The van der Waals surface area contributed by atoms with Gasteiger partial charge in [-0.05, 0) is 17.7 Å². The first-order valence-corrected chi connectivity index (χ1v) is 8.19. The Morgan fingerprint density at radius 2 is 1.68 bits per heavy atom. The van der Waals surface area contributed by atoms with E-state index in [1.54, 1.807) is 36.4 Å². The number of pyridine rings is 1.